The first-order valence-corrected chi connectivity index (χ1v) is 16.9. The van der Waals surface area contributed by atoms with Crippen molar-refractivity contribution in [2.45, 2.75) is 39.0 Å². The Bertz CT molecular complexity index is 2680. The van der Waals surface area contributed by atoms with Crippen molar-refractivity contribution in [1.82, 2.24) is 35.0 Å². The van der Waals surface area contributed by atoms with Crippen molar-refractivity contribution in [3.63, 3.8) is 0 Å². The molecule has 0 aliphatic carbocycles. The van der Waals surface area contributed by atoms with Gasteiger partial charge in [-0.3, -0.25) is 4.79 Å². The van der Waals surface area contributed by atoms with Crippen molar-refractivity contribution in [2.24, 2.45) is 5.11 Å². The summed E-state index contributed by atoms with van der Waals surface area (Å²) in [4.78, 5) is 53.3. The van der Waals surface area contributed by atoms with E-state index in [1.807, 2.05) is 6.92 Å². The third-order valence-electron chi connectivity index (χ3n) is 8.12. The van der Waals surface area contributed by atoms with Gasteiger partial charge in [0.05, 0.1) is 63.0 Å². The van der Waals surface area contributed by atoms with E-state index >= 15 is 0 Å². The highest BCUT2D eigenvalue weighted by molar-refractivity contribution is 5.98. The van der Waals surface area contributed by atoms with Crippen molar-refractivity contribution in [3.05, 3.63) is 129 Å². The number of ketones is 1. The number of carboxylic acids is 3. The number of Topliss-reactive ketones (excluding diaryl/α,β-unsaturated/α-hetero) is 1. The maximum Gasteiger partial charge on any atom is 0.416 e. The van der Waals surface area contributed by atoms with Gasteiger partial charge in [0, 0.05) is 22.6 Å². The van der Waals surface area contributed by atoms with Crippen molar-refractivity contribution >= 4 is 29.4 Å². The van der Waals surface area contributed by atoms with Crippen LogP contribution in [-0.4, -0.2) is 74.0 Å². The molecule has 0 aliphatic heterocycles. The minimum Gasteiger partial charge on any atom is -0.478 e. The lowest BCUT2D eigenvalue weighted by atomic mass is 10.0. The number of hydrogen-bond acceptors (Lipinski definition) is 10. The standard InChI is InChI=1S/C29H22F3N7O5.C8H4F3N3O2/c1-3-4-26(40)16-10-22(24-13-38(36-34-24)20-6-15(2)5-17(8-20)27(41)42)33-23(11-16)25-14-39(37-35-25)21-9-18(28(43)44)7-19(12-21)29(30,31)32;9-8(10,11)5-1-4(7(15)16)2-6(3-5)13-14-12/h5-14H,3-4H2,1-2H3,(H,41,42)(H,43,44);1-3H,(H,15,16). The number of benzene rings is 3. The molecule has 308 valence electrons. The lowest BCUT2D eigenvalue weighted by Gasteiger charge is -2.10. The van der Waals surface area contributed by atoms with Crippen LogP contribution >= 0.6 is 0 Å². The van der Waals surface area contributed by atoms with Crippen LogP contribution < -0.4 is 0 Å². The molecule has 60 heavy (non-hydrogen) atoms. The maximum absolute atomic E-state index is 13.5. The first-order chi connectivity index (χ1) is 28.2. The molecule has 0 spiro atoms. The predicted octanol–water partition coefficient (Wildman–Crippen LogP) is 8.63. The first-order valence-electron chi connectivity index (χ1n) is 16.9. The largest absolute Gasteiger partial charge is 0.478 e. The van der Waals surface area contributed by atoms with Gasteiger partial charge in [0.15, 0.2) is 5.78 Å². The predicted molar refractivity (Wildman–Crippen MR) is 195 cm³/mol. The minimum atomic E-state index is -4.81. The molecule has 0 atom stereocenters. The third kappa shape index (κ3) is 10.3. The Morgan fingerprint density at radius 1 is 0.650 bits per heavy atom. The summed E-state index contributed by atoms with van der Waals surface area (Å²) < 4.78 is 79.7. The van der Waals surface area contributed by atoms with Gasteiger partial charge in [0.1, 0.15) is 11.4 Å². The molecule has 17 nitrogen and oxygen atoms in total. The number of hydrogen-bond donors (Lipinski definition) is 3. The zero-order valence-corrected chi connectivity index (χ0v) is 30.6. The van der Waals surface area contributed by atoms with Crippen LogP contribution in [0.2, 0.25) is 0 Å². The van der Waals surface area contributed by atoms with Crippen molar-refractivity contribution in [2.75, 3.05) is 0 Å². The SMILES string of the molecule is CCCC(=O)c1cc(-c2cn(-c3cc(C)cc(C(=O)O)c3)nn2)nc(-c2cn(-c3cc(C(=O)O)cc(C(F)(F)F)c3)nn2)c1.[N-]=[N+]=Nc1cc(C(=O)O)cc(C(F)(F)F)c1. The molecule has 23 heteroatoms. The fraction of sp³-hybridized carbons (Fsp3) is 0.162. The van der Waals surface area contributed by atoms with Crippen LogP contribution in [0.5, 0.6) is 0 Å². The summed E-state index contributed by atoms with van der Waals surface area (Å²) in [5, 5.41) is 46.4. The number of halogens is 6. The number of alkyl halides is 6. The Hall–Kier alpha value is -7.94. The van der Waals surface area contributed by atoms with Gasteiger partial charge in [0.25, 0.3) is 0 Å². The molecule has 0 radical (unpaired) electrons. The van der Waals surface area contributed by atoms with Gasteiger partial charge in [-0.25, -0.2) is 28.7 Å². The molecule has 0 unspecified atom stereocenters. The molecule has 0 saturated carbocycles. The summed E-state index contributed by atoms with van der Waals surface area (Å²) in [6.07, 6.45) is -5.93. The average Bonchev–Trinajstić information content (AvgIpc) is 3.89. The van der Waals surface area contributed by atoms with E-state index in [0.717, 1.165) is 22.9 Å². The summed E-state index contributed by atoms with van der Waals surface area (Å²) >= 11 is 0. The number of aryl methyl sites for hydroxylation is 1. The number of aromatic carboxylic acids is 3. The Morgan fingerprint density at radius 2 is 1.12 bits per heavy atom. The van der Waals surface area contributed by atoms with E-state index in [-0.39, 0.29) is 51.8 Å². The normalized spacial score (nSPS) is 11.3. The van der Waals surface area contributed by atoms with E-state index in [1.54, 1.807) is 13.0 Å². The van der Waals surface area contributed by atoms with Crippen molar-refractivity contribution in [1.29, 1.82) is 0 Å². The van der Waals surface area contributed by atoms with E-state index < -0.39 is 58.2 Å². The highest BCUT2D eigenvalue weighted by Crippen LogP contribution is 2.34. The van der Waals surface area contributed by atoms with Crippen LogP contribution in [0.15, 0.2) is 84.2 Å². The summed E-state index contributed by atoms with van der Waals surface area (Å²) in [7, 11) is 0. The summed E-state index contributed by atoms with van der Waals surface area (Å²) in [5.74, 6) is -4.39. The van der Waals surface area contributed by atoms with E-state index in [2.05, 4.69) is 35.6 Å². The topological polar surface area (TPSA) is 252 Å². The molecule has 6 aromatic rings. The molecule has 3 N–H and O–H groups in total. The zero-order valence-electron chi connectivity index (χ0n) is 30.6. The van der Waals surface area contributed by atoms with Crippen LogP contribution in [0.3, 0.4) is 0 Å². The lowest BCUT2D eigenvalue weighted by Crippen LogP contribution is -2.10. The fourth-order valence-electron chi connectivity index (χ4n) is 5.40. The maximum atomic E-state index is 13.5. The first kappa shape index (κ1) is 43.2. The second kappa shape index (κ2) is 17.3. The Labute approximate surface area is 331 Å². The Balaban J connectivity index is 0.000000359. The number of aromatic nitrogens is 7. The summed E-state index contributed by atoms with van der Waals surface area (Å²) in [6, 6.07) is 11.8. The number of azide groups is 1. The van der Waals surface area contributed by atoms with Crippen molar-refractivity contribution < 1.29 is 60.8 Å². The van der Waals surface area contributed by atoms with Gasteiger partial charge in [-0.2, -0.15) is 26.3 Å². The number of carbonyl (C=O) groups excluding carboxylic acids is 1. The molecule has 3 aromatic carbocycles. The second-order valence-electron chi connectivity index (χ2n) is 12.6. The van der Waals surface area contributed by atoms with Gasteiger partial charge < -0.3 is 15.3 Å². The van der Waals surface area contributed by atoms with Gasteiger partial charge >= 0.3 is 30.3 Å². The van der Waals surface area contributed by atoms with Crippen LogP contribution in [0, 0.1) is 6.92 Å². The highest BCUT2D eigenvalue weighted by atomic mass is 19.4. The van der Waals surface area contributed by atoms with Crippen LogP contribution in [0.25, 0.3) is 44.6 Å². The molecule has 0 aliphatic rings. The molecule has 3 heterocycles. The zero-order chi connectivity index (χ0) is 44.1. The number of pyridine rings is 1. The smallest absolute Gasteiger partial charge is 0.416 e. The third-order valence-corrected chi connectivity index (χ3v) is 8.12. The van der Waals surface area contributed by atoms with Crippen LogP contribution in [-0.2, 0) is 12.4 Å². The molecule has 0 saturated heterocycles. The Kier molecular flexibility index (Phi) is 12.4. The van der Waals surface area contributed by atoms with Gasteiger partial charge in [0.2, 0.25) is 0 Å². The van der Waals surface area contributed by atoms with Gasteiger partial charge in [-0.05, 0) is 91.2 Å². The number of rotatable bonds is 11. The molecule has 6 rings (SSSR count). The van der Waals surface area contributed by atoms with Crippen molar-refractivity contribution in [3.8, 4) is 34.2 Å². The highest BCUT2D eigenvalue weighted by Gasteiger charge is 2.33. The van der Waals surface area contributed by atoms with Crippen LogP contribution in [0.4, 0.5) is 32.0 Å². The average molecular weight is 837 g/mol. The summed E-state index contributed by atoms with van der Waals surface area (Å²) in [6.45, 7) is 3.57. The molecule has 0 amide bonds. The van der Waals surface area contributed by atoms with Crippen LogP contribution in [0.1, 0.15) is 77.9 Å². The lowest BCUT2D eigenvalue weighted by molar-refractivity contribution is -0.138. The number of carboxylic acid groups (broad SMARTS) is 3. The quantitative estimate of drug-likeness (QED) is 0.0364. The van der Waals surface area contributed by atoms with E-state index in [4.69, 9.17) is 10.6 Å². The number of carbonyl (C=O) groups is 4. The molecule has 0 fully saturated rings. The minimum absolute atomic E-state index is 0.0592. The van der Waals surface area contributed by atoms with Gasteiger partial charge in [-0.15, -0.1) is 10.2 Å². The Morgan fingerprint density at radius 3 is 1.58 bits per heavy atom. The molecule has 3 aromatic heterocycles. The van der Waals surface area contributed by atoms with E-state index in [1.165, 1.54) is 41.3 Å². The summed E-state index contributed by atoms with van der Waals surface area (Å²) in [5.41, 5.74) is 6.11. The molecular weight excluding hydrogens is 810 g/mol. The second-order valence-corrected chi connectivity index (χ2v) is 12.6. The molecule has 0 bridgehead atoms. The monoisotopic (exact) mass is 836 g/mol. The fourth-order valence-corrected chi connectivity index (χ4v) is 5.40. The van der Waals surface area contributed by atoms with E-state index in [0.29, 0.717) is 35.9 Å². The molecular formula is C37H26F6N10O7. The number of nitrogens with zero attached hydrogens (tertiary/aromatic N) is 10. The van der Waals surface area contributed by atoms with Gasteiger partial charge in [-0.1, -0.05) is 22.5 Å². The van der Waals surface area contributed by atoms with E-state index in [9.17, 15) is 55.7 Å².